The van der Waals surface area contributed by atoms with E-state index in [2.05, 4.69) is 0 Å². The van der Waals surface area contributed by atoms with Gasteiger partial charge in [-0.15, -0.1) is 0 Å². The normalized spacial score (nSPS) is 13.8. The van der Waals surface area contributed by atoms with Crippen LogP contribution in [0.1, 0.15) is 18.1 Å². The summed E-state index contributed by atoms with van der Waals surface area (Å²) in [6, 6.07) is 11.8. The van der Waals surface area contributed by atoms with E-state index < -0.39 is 5.54 Å². The predicted molar refractivity (Wildman–Crippen MR) is 79.6 cm³/mol. The zero-order chi connectivity index (χ0) is 14.8. The maximum atomic E-state index is 13.3. The summed E-state index contributed by atoms with van der Waals surface area (Å²) in [5.41, 5.74) is 7.33. The highest BCUT2D eigenvalue weighted by molar-refractivity contribution is 6.30. The van der Waals surface area contributed by atoms with Gasteiger partial charge in [0.25, 0.3) is 0 Å². The monoisotopic (exact) mass is 293 g/mol. The second-order valence-electron chi connectivity index (χ2n) is 5.07. The lowest BCUT2D eigenvalue weighted by Crippen LogP contribution is -2.36. The standard InChI is InChI=1S/C16H17ClFNO/c1-16(19,10-11-4-3-5-13(18)8-11)14-9-12(17)6-7-15(14)20-2/h3-9H,10,19H2,1-2H3. The maximum Gasteiger partial charge on any atom is 0.124 e. The molecular formula is C16H17ClFNO. The first-order valence-corrected chi connectivity index (χ1v) is 6.67. The minimum absolute atomic E-state index is 0.267. The molecule has 4 heteroatoms. The summed E-state index contributed by atoms with van der Waals surface area (Å²) in [6.07, 6.45) is 0.488. The zero-order valence-electron chi connectivity index (χ0n) is 11.5. The fourth-order valence-electron chi connectivity index (χ4n) is 2.29. The third kappa shape index (κ3) is 3.30. The van der Waals surface area contributed by atoms with Crippen LogP contribution in [0.15, 0.2) is 42.5 Å². The van der Waals surface area contributed by atoms with Crippen LogP contribution in [-0.4, -0.2) is 7.11 Å². The van der Waals surface area contributed by atoms with Crippen molar-refractivity contribution in [3.8, 4) is 5.75 Å². The lowest BCUT2D eigenvalue weighted by atomic mass is 9.86. The van der Waals surface area contributed by atoms with Gasteiger partial charge in [-0.05, 0) is 49.2 Å². The van der Waals surface area contributed by atoms with Crippen molar-refractivity contribution in [3.63, 3.8) is 0 Å². The fourth-order valence-corrected chi connectivity index (χ4v) is 2.46. The molecule has 0 aliphatic heterocycles. The smallest absolute Gasteiger partial charge is 0.124 e. The number of methoxy groups -OCH3 is 1. The Morgan fingerprint density at radius 1 is 1.25 bits per heavy atom. The molecule has 0 aliphatic rings. The largest absolute Gasteiger partial charge is 0.496 e. The average molecular weight is 294 g/mol. The molecule has 0 bridgehead atoms. The topological polar surface area (TPSA) is 35.2 Å². The third-order valence-electron chi connectivity index (χ3n) is 3.24. The van der Waals surface area contributed by atoms with Gasteiger partial charge in [0.15, 0.2) is 0 Å². The molecular weight excluding hydrogens is 277 g/mol. The second kappa shape index (κ2) is 5.81. The van der Waals surface area contributed by atoms with Gasteiger partial charge in [0.2, 0.25) is 0 Å². The Hall–Kier alpha value is -1.58. The maximum absolute atomic E-state index is 13.3. The van der Waals surface area contributed by atoms with Crippen LogP contribution >= 0.6 is 11.6 Å². The van der Waals surface area contributed by atoms with E-state index in [1.807, 2.05) is 13.0 Å². The molecule has 1 unspecified atom stereocenters. The first kappa shape index (κ1) is 14.8. The van der Waals surface area contributed by atoms with E-state index in [0.29, 0.717) is 17.2 Å². The van der Waals surface area contributed by atoms with Crippen molar-refractivity contribution in [2.75, 3.05) is 7.11 Å². The van der Waals surface area contributed by atoms with Gasteiger partial charge in [-0.3, -0.25) is 0 Å². The minimum Gasteiger partial charge on any atom is -0.496 e. The third-order valence-corrected chi connectivity index (χ3v) is 3.47. The van der Waals surface area contributed by atoms with E-state index in [-0.39, 0.29) is 5.82 Å². The minimum atomic E-state index is -0.704. The van der Waals surface area contributed by atoms with Gasteiger partial charge in [-0.2, -0.15) is 0 Å². The highest BCUT2D eigenvalue weighted by atomic mass is 35.5. The first-order chi connectivity index (χ1) is 9.42. The molecule has 0 saturated heterocycles. The van der Waals surface area contributed by atoms with Crippen molar-refractivity contribution in [1.82, 2.24) is 0 Å². The summed E-state index contributed by atoms with van der Waals surface area (Å²) in [5, 5.41) is 0.594. The Balaban J connectivity index is 2.37. The molecule has 0 saturated carbocycles. The summed E-state index contributed by atoms with van der Waals surface area (Å²) in [7, 11) is 1.59. The van der Waals surface area contributed by atoms with Crippen molar-refractivity contribution in [2.45, 2.75) is 18.9 Å². The summed E-state index contributed by atoms with van der Waals surface area (Å²) in [5.74, 6) is 0.409. The van der Waals surface area contributed by atoms with Gasteiger partial charge in [0, 0.05) is 16.1 Å². The SMILES string of the molecule is COc1ccc(Cl)cc1C(C)(N)Cc1cccc(F)c1. The van der Waals surface area contributed by atoms with Gasteiger partial charge in [-0.25, -0.2) is 4.39 Å². The quantitative estimate of drug-likeness (QED) is 0.928. The molecule has 2 aromatic rings. The molecule has 0 heterocycles. The zero-order valence-corrected chi connectivity index (χ0v) is 12.2. The predicted octanol–water partition coefficient (Wildman–Crippen LogP) is 3.90. The van der Waals surface area contributed by atoms with Crippen molar-refractivity contribution in [3.05, 3.63) is 64.4 Å². The van der Waals surface area contributed by atoms with Crippen molar-refractivity contribution >= 4 is 11.6 Å². The first-order valence-electron chi connectivity index (χ1n) is 6.30. The van der Waals surface area contributed by atoms with E-state index in [0.717, 1.165) is 11.1 Å². The van der Waals surface area contributed by atoms with Crippen LogP contribution in [-0.2, 0) is 12.0 Å². The van der Waals surface area contributed by atoms with E-state index in [1.54, 1.807) is 31.4 Å². The number of hydrogen-bond acceptors (Lipinski definition) is 2. The van der Waals surface area contributed by atoms with Crippen molar-refractivity contribution < 1.29 is 9.13 Å². The van der Waals surface area contributed by atoms with Crippen LogP contribution in [0.3, 0.4) is 0 Å². The Morgan fingerprint density at radius 3 is 2.65 bits per heavy atom. The number of nitrogens with two attached hydrogens (primary N) is 1. The van der Waals surface area contributed by atoms with Crippen molar-refractivity contribution in [1.29, 1.82) is 0 Å². The fraction of sp³-hybridized carbons (Fsp3) is 0.250. The van der Waals surface area contributed by atoms with Gasteiger partial charge < -0.3 is 10.5 Å². The van der Waals surface area contributed by atoms with E-state index in [9.17, 15) is 4.39 Å². The Kier molecular flexibility index (Phi) is 4.31. The van der Waals surface area contributed by atoms with Gasteiger partial charge in [-0.1, -0.05) is 23.7 Å². The van der Waals surface area contributed by atoms with Crippen LogP contribution in [0, 0.1) is 5.82 Å². The molecule has 0 amide bonds. The summed E-state index contributed by atoms with van der Waals surface area (Å²) in [6.45, 7) is 1.88. The molecule has 2 N–H and O–H groups in total. The van der Waals surface area contributed by atoms with Gasteiger partial charge in [0.05, 0.1) is 7.11 Å². The molecule has 0 aliphatic carbocycles. The van der Waals surface area contributed by atoms with Crippen LogP contribution in [0.2, 0.25) is 5.02 Å². The highest BCUT2D eigenvalue weighted by Gasteiger charge is 2.26. The molecule has 20 heavy (non-hydrogen) atoms. The van der Waals surface area contributed by atoms with Crippen LogP contribution < -0.4 is 10.5 Å². The van der Waals surface area contributed by atoms with Crippen molar-refractivity contribution in [2.24, 2.45) is 5.73 Å². The molecule has 0 fully saturated rings. The molecule has 0 spiro atoms. The van der Waals surface area contributed by atoms with Gasteiger partial charge >= 0.3 is 0 Å². The van der Waals surface area contributed by atoms with Gasteiger partial charge in [0.1, 0.15) is 11.6 Å². The summed E-state index contributed by atoms with van der Waals surface area (Å²) in [4.78, 5) is 0. The number of rotatable bonds is 4. The van der Waals surface area contributed by atoms with Crippen LogP contribution in [0.5, 0.6) is 5.75 Å². The molecule has 2 nitrogen and oxygen atoms in total. The lowest BCUT2D eigenvalue weighted by Gasteiger charge is -2.27. The number of ether oxygens (including phenoxy) is 1. The second-order valence-corrected chi connectivity index (χ2v) is 5.51. The number of hydrogen-bond donors (Lipinski definition) is 1. The molecule has 2 aromatic carbocycles. The molecule has 0 radical (unpaired) electrons. The highest BCUT2D eigenvalue weighted by Crippen LogP contribution is 2.33. The molecule has 0 aromatic heterocycles. The molecule has 1 atom stereocenters. The summed E-state index contributed by atoms with van der Waals surface area (Å²) >= 11 is 6.04. The molecule has 2 rings (SSSR count). The number of benzene rings is 2. The van der Waals surface area contributed by atoms with Crippen LogP contribution in [0.25, 0.3) is 0 Å². The Morgan fingerprint density at radius 2 is 2.00 bits per heavy atom. The summed E-state index contributed by atoms with van der Waals surface area (Å²) < 4.78 is 18.6. The van der Waals surface area contributed by atoms with Crippen LogP contribution in [0.4, 0.5) is 4.39 Å². The van der Waals surface area contributed by atoms with E-state index in [4.69, 9.17) is 22.1 Å². The lowest BCUT2D eigenvalue weighted by molar-refractivity contribution is 0.386. The van der Waals surface area contributed by atoms with E-state index in [1.165, 1.54) is 12.1 Å². The number of halogens is 2. The van der Waals surface area contributed by atoms with E-state index >= 15 is 0 Å². The Labute approximate surface area is 123 Å². The average Bonchev–Trinajstić information content (AvgIpc) is 2.38. The Bertz CT molecular complexity index is 613. The molecule has 106 valence electrons.